The zero-order valence-corrected chi connectivity index (χ0v) is 12.2. The molecule has 0 aliphatic carbocycles. The fraction of sp³-hybridized carbons (Fsp3) is 0.143. The van der Waals surface area contributed by atoms with Gasteiger partial charge in [-0.25, -0.2) is 8.42 Å². The van der Waals surface area contributed by atoms with Gasteiger partial charge in [0.05, 0.1) is 4.90 Å². The first-order valence-electron chi connectivity index (χ1n) is 6.02. The molecule has 0 aromatic heterocycles. The van der Waals surface area contributed by atoms with E-state index in [1.54, 1.807) is 48.5 Å². The Bertz CT molecular complexity index is 726. The second-order valence-corrected chi connectivity index (χ2v) is 6.80. The zero-order valence-electron chi connectivity index (χ0n) is 10.7. The largest absolute Gasteiger partial charge is 0.267 e. The molecular weight excluding hydrogens is 298 g/mol. The average molecular weight is 310 g/mol. The first-order valence-corrected chi connectivity index (χ1v) is 7.83. The molecule has 104 valence electrons. The third-order valence-electron chi connectivity index (χ3n) is 3.06. The lowest BCUT2D eigenvalue weighted by Gasteiger charge is -2.03. The minimum Gasteiger partial charge on any atom is -0.253 e. The number of sulfonamides is 1. The second kappa shape index (κ2) is 4.86. The van der Waals surface area contributed by atoms with Crippen LogP contribution in [0.25, 0.3) is 0 Å². The van der Waals surface area contributed by atoms with Crippen LogP contribution < -0.4 is 0 Å². The van der Waals surface area contributed by atoms with Gasteiger partial charge in [-0.1, -0.05) is 41.4 Å². The maximum atomic E-state index is 12.3. The van der Waals surface area contributed by atoms with Crippen LogP contribution in [0.15, 0.2) is 53.4 Å². The minimum atomic E-state index is -3.61. The van der Waals surface area contributed by atoms with Crippen LogP contribution in [0, 0.1) is 6.92 Å². The summed E-state index contributed by atoms with van der Waals surface area (Å²) in [6, 6.07) is 13.6. The topological polar surface area (TPSA) is 49.7 Å². The van der Waals surface area contributed by atoms with E-state index in [1.807, 2.05) is 6.92 Å². The maximum absolute atomic E-state index is 12.3. The molecule has 1 heterocycles. The molecule has 0 spiro atoms. The highest BCUT2D eigenvalue weighted by molar-refractivity contribution is 7.89. The number of hydrogen-bond acceptors (Lipinski definition) is 3. The number of halogens is 1. The summed E-state index contributed by atoms with van der Waals surface area (Å²) in [6.45, 7) is 1.90. The number of nitrogens with zero attached hydrogens (tertiary/aromatic N) is 1. The fourth-order valence-corrected chi connectivity index (χ4v) is 3.26. The Labute approximate surface area is 122 Å². The molecule has 0 saturated carbocycles. The first-order chi connectivity index (χ1) is 9.48. The van der Waals surface area contributed by atoms with Crippen molar-refractivity contribution in [1.29, 1.82) is 0 Å². The van der Waals surface area contributed by atoms with Crippen LogP contribution in [0.5, 0.6) is 0 Å². The third kappa shape index (κ3) is 2.45. The second-order valence-electron chi connectivity index (χ2n) is 4.58. The molecule has 2 aromatic rings. The van der Waals surface area contributed by atoms with E-state index in [0.717, 1.165) is 15.6 Å². The van der Waals surface area contributed by atoms with Gasteiger partial charge in [-0.3, -0.25) is 4.84 Å². The lowest BCUT2D eigenvalue weighted by Crippen LogP contribution is -2.12. The molecule has 2 atom stereocenters. The van der Waals surface area contributed by atoms with Crippen molar-refractivity contribution in [2.24, 2.45) is 0 Å². The van der Waals surface area contributed by atoms with Gasteiger partial charge in [0.1, 0.15) is 0 Å². The van der Waals surface area contributed by atoms with Crippen molar-refractivity contribution in [3.8, 4) is 0 Å². The summed E-state index contributed by atoms with van der Waals surface area (Å²) in [5.41, 5.74) is 1.76. The summed E-state index contributed by atoms with van der Waals surface area (Å²) < 4.78 is 25.7. The summed E-state index contributed by atoms with van der Waals surface area (Å²) in [7, 11) is -3.61. The lowest BCUT2D eigenvalue weighted by molar-refractivity contribution is 0.283. The van der Waals surface area contributed by atoms with Crippen molar-refractivity contribution in [3.63, 3.8) is 0 Å². The zero-order chi connectivity index (χ0) is 14.3. The Balaban J connectivity index is 1.84. The molecule has 0 amide bonds. The summed E-state index contributed by atoms with van der Waals surface area (Å²) >= 11 is 5.80. The van der Waals surface area contributed by atoms with Crippen molar-refractivity contribution < 1.29 is 13.3 Å². The lowest BCUT2D eigenvalue weighted by atomic mass is 10.2. The molecule has 2 aromatic carbocycles. The van der Waals surface area contributed by atoms with Crippen molar-refractivity contribution >= 4 is 21.6 Å². The number of hydrogen-bond donors (Lipinski definition) is 0. The van der Waals surface area contributed by atoms with E-state index in [-0.39, 0.29) is 4.90 Å². The van der Waals surface area contributed by atoms with E-state index >= 15 is 0 Å². The summed E-state index contributed by atoms with van der Waals surface area (Å²) in [5.74, 6) is 0. The van der Waals surface area contributed by atoms with Gasteiger partial charge < -0.3 is 0 Å². The summed E-state index contributed by atoms with van der Waals surface area (Å²) in [4.78, 5) is 5.42. The molecule has 1 aliphatic heterocycles. The van der Waals surface area contributed by atoms with Gasteiger partial charge >= 0.3 is 0 Å². The highest BCUT2D eigenvalue weighted by Crippen LogP contribution is 2.42. The van der Waals surface area contributed by atoms with Crippen molar-refractivity contribution in [3.05, 3.63) is 64.7 Å². The Hall–Kier alpha value is -1.40. The highest BCUT2D eigenvalue weighted by atomic mass is 35.5. The van der Waals surface area contributed by atoms with Crippen LogP contribution in [0.3, 0.4) is 0 Å². The van der Waals surface area contributed by atoms with E-state index in [9.17, 15) is 8.42 Å². The van der Waals surface area contributed by atoms with Gasteiger partial charge in [0.2, 0.25) is 0 Å². The number of aryl methyl sites for hydroxylation is 1. The van der Waals surface area contributed by atoms with Crippen LogP contribution >= 0.6 is 11.6 Å². The molecule has 1 unspecified atom stereocenters. The van der Waals surface area contributed by atoms with E-state index in [1.165, 1.54) is 0 Å². The molecule has 4 nitrogen and oxygen atoms in total. The van der Waals surface area contributed by atoms with Crippen LogP contribution in [0.2, 0.25) is 5.02 Å². The Morgan fingerprint density at radius 1 is 1.05 bits per heavy atom. The van der Waals surface area contributed by atoms with E-state index < -0.39 is 16.3 Å². The Morgan fingerprint density at radius 3 is 2.25 bits per heavy atom. The Kier molecular flexibility index (Phi) is 3.30. The smallest absolute Gasteiger partial charge is 0.253 e. The van der Waals surface area contributed by atoms with Gasteiger partial charge in [0, 0.05) is 10.6 Å². The van der Waals surface area contributed by atoms with E-state index in [0.29, 0.717) is 5.02 Å². The first kappa shape index (κ1) is 13.6. The van der Waals surface area contributed by atoms with Crippen LogP contribution in [0.1, 0.15) is 17.4 Å². The van der Waals surface area contributed by atoms with E-state index in [4.69, 9.17) is 16.4 Å². The molecule has 0 bridgehead atoms. The molecule has 20 heavy (non-hydrogen) atoms. The Morgan fingerprint density at radius 2 is 1.65 bits per heavy atom. The predicted molar refractivity (Wildman–Crippen MR) is 75.5 cm³/mol. The predicted octanol–water partition coefficient (Wildman–Crippen LogP) is 3.28. The number of benzene rings is 2. The van der Waals surface area contributed by atoms with Gasteiger partial charge in [0.15, 0.2) is 6.23 Å². The summed E-state index contributed by atoms with van der Waals surface area (Å²) in [5, 5.41) is 0.599. The minimum absolute atomic E-state index is 0.222. The molecule has 0 N–H and O–H groups in total. The molecule has 3 rings (SSSR count). The highest BCUT2D eigenvalue weighted by Gasteiger charge is 2.48. The van der Waals surface area contributed by atoms with E-state index in [2.05, 4.69) is 0 Å². The van der Waals surface area contributed by atoms with Crippen molar-refractivity contribution in [2.75, 3.05) is 0 Å². The van der Waals surface area contributed by atoms with Crippen molar-refractivity contribution in [2.45, 2.75) is 18.0 Å². The fourth-order valence-electron chi connectivity index (χ4n) is 1.88. The third-order valence-corrected chi connectivity index (χ3v) is 4.93. The van der Waals surface area contributed by atoms with Crippen molar-refractivity contribution in [1.82, 2.24) is 4.47 Å². The van der Waals surface area contributed by atoms with Gasteiger partial charge in [-0.05, 0) is 35.7 Å². The van der Waals surface area contributed by atoms with Gasteiger partial charge in [-0.2, -0.15) is 0 Å². The average Bonchev–Trinajstić information content (AvgIpc) is 3.21. The van der Waals surface area contributed by atoms with Crippen LogP contribution in [0.4, 0.5) is 0 Å². The standard InChI is InChI=1S/C14H12ClNO3S/c1-10-2-8-13(9-3-10)20(17,18)16-14(19-16)11-4-6-12(15)7-5-11/h2-9,14H,1H3/t14-,16?/m1/s1. The van der Waals surface area contributed by atoms with Crippen LogP contribution in [-0.4, -0.2) is 12.9 Å². The van der Waals surface area contributed by atoms with Crippen LogP contribution in [-0.2, 0) is 14.9 Å². The number of rotatable bonds is 3. The molecule has 6 heteroatoms. The maximum Gasteiger partial charge on any atom is 0.267 e. The monoisotopic (exact) mass is 309 g/mol. The molecular formula is C14H12ClNO3S. The number of hydroxylamine groups is 1. The molecule has 1 fully saturated rings. The molecule has 1 aliphatic rings. The normalized spacial score (nSPS) is 21.7. The SMILES string of the molecule is Cc1ccc(S(=O)(=O)N2O[C@@H]2c2ccc(Cl)cc2)cc1. The summed E-state index contributed by atoms with van der Waals surface area (Å²) in [6.07, 6.45) is -0.571. The van der Waals surface area contributed by atoms with Gasteiger partial charge in [0.25, 0.3) is 10.0 Å². The molecule has 0 radical (unpaired) electrons. The quantitative estimate of drug-likeness (QED) is 0.818. The molecule has 1 saturated heterocycles. The van der Waals surface area contributed by atoms with Gasteiger partial charge in [-0.15, -0.1) is 0 Å².